The third kappa shape index (κ3) is 3.64. The van der Waals surface area contributed by atoms with Crippen molar-refractivity contribution < 1.29 is 0 Å². The normalized spacial score (nSPS) is 18.9. The molecule has 2 aliphatic carbocycles. The van der Waals surface area contributed by atoms with Crippen molar-refractivity contribution in [2.75, 3.05) is 0 Å². The Hall–Kier alpha value is -3.10. The molecule has 6 rings (SSSR count). The molecule has 0 radical (unpaired) electrons. The Morgan fingerprint density at radius 1 is 0.486 bits per heavy atom. The van der Waals surface area contributed by atoms with Crippen molar-refractivity contribution in [2.45, 2.75) is 51.0 Å². The summed E-state index contributed by atoms with van der Waals surface area (Å²) in [5, 5.41) is 0. The third-order valence-electron chi connectivity index (χ3n) is 9.08. The van der Waals surface area contributed by atoms with Gasteiger partial charge in [-0.05, 0) is 0 Å². The van der Waals surface area contributed by atoms with E-state index >= 15 is 0 Å². The van der Waals surface area contributed by atoms with Crippen molar-refractivity contribution >= 4 is 44.4 Å². The maximum atomic E-state index is 2.62. The Labute approximate surface area is 225 Å². The van der Waals surface area contributed by atoms with Crippen molar-refractivity contribution in [3.05, 3.63) is 130 Å². The Morgan fingerprint density at radius 2 is 0.865 bits per heavy atom. The van der Waals surface area contributed by atoms with Gasteiger partial charge in [0.2, 0.25) is 0 Å². The number of benzene rings is 4. The molecular weight excluding hydrogens is 505 g/mol. The van der Waals surface area contributed by atoms with Crippen LogP contribution in [0.2, 0.25) is 11.5 Å². The second-order valence-electron chi connectivity index (χ2n) is 11.4. The minimum absolute atomic E-state index is 0.410. The second-order valence-corrected chi connectivity index (χ2v) is 20.5. The summed E-state index contributed by atoms with van der Waals surface area (Å²) >= 11 is -2.69. The van der Waals surface area contributed by atoms with E-state index in [1.54, 1.807) is 19.9 Å². The van der Waals surface area contributed by atoms with Gasteiger partial charge in [0, 0.05) is 0 Å². The molecule has 0 fully saturated rings. The topological polar surface area (TPSA) is 0 Å². The van der Waals surface area contributed by atoms with Gasteiger partial charge in [-0.25, -0.2) is 0 Å². The molecule has 4 aromatic rings. The van der Waals surface area contributed by atoms with Crippen molar-refractivity contribution in [3.63, 3.8) is 0 Å². The molecule has 0 nitrogen and oxygen atoms in total. The summed E-state index contributed by atoms with van der Waals surface area (Å²) in [6.45, 7) is 9.51. The summed E-state index contributed by atoms with van der Waals surface area (Å²) in [5.41, 5.74) is 14.7. The van der Waals surface area contributed by atoms with E-state index in [0.717, 1.165) is 0 Å². The molecule has 37 heavy (non-hydrogen) atoms. The zero-order valence-corrected chi connectivity index (χ0v) is 25.0. The van der Waals surface area contributed by atoms with Gasteiger partial charge in [0.1, 0.15) is 0 Å². The summed E-state index contributed by atoms with van der Waals surface area (Å²) in [6, 6.07) is 36.3. The molecule has 2 atom stereocenters. The maximum absolute atomic E-state index is 2.69. The molecule has 0 aromatic heterocycles. The van der Waals surface area contributed by atoms with Crippen LogP contribution in [0.3, 0.4) is 0 Å². The predicted molar refractivity (Wildman–Crippen MR) is 164 cm³/mol. The van der Waals surface area contributed by atoms with Gasteiger partial charge in [-0.1, -0.05) is 0 Å². The van der Waals surface area contributed by atoms with Gasteiger partial charge in [-0.15, -0.1) is 0 Å². The molecule has 0 saturated heterocycles. The first-order valence-electron chi connectivity index (χ1n) is 13.6. The monoisotopic (exact) mass is 542 g/mol. The number of hydrogen-bond acceptors (Lipinski definition) is 0. The number of hydrogen-bond donors (Lipinski definition) is 0. The quantitative estimate of drug-likeness (QED) is 0.227. The summed E-state index contributed by atoms with van der Waals surface area (Å²) in [6.07, 6.45) is 0. The number of allylic oxidation sites excluding steroid dienone is 4. The number of rotatable bonds is 4. The molecule has 0 spiro atoms. The van der Waals surface area contributed by atoms with Crippen LogP contribution in [0.15, 0.2) is 97.1 Å². The van der Waals surface area contributed by atoms with E-state index in [1.807, 2.05) is 0 Å². The van der Waals surface area contributed by atoms with Crippen molar-refractivity contribution in [2.24, 2.45) is 0 Å². The van der Waals surface area contributed by atoms with Crippen LogP contribution in [0.25, 0.3) is 22.3 Å². The van der Waals surface area contributed by atoms with Gasteiger partial charge in [0.05, 0.1) is 0 Å². The van der Waals surface area contributed by atoms with Crippen molar-refractivity contribution in [1.82, 2.24) is 0 Å². The fraction of sp³-hybridized carbons (Fsp3) is 0.222. The van der Waals surface area contributed by atoms with E-state index in [1.165, 1.54) is 44.5 Å². The van der Waals surface area contributed by atoms with Crippen molar-refractivity contribution in [3.8, 4) is 0 Å². The van der Waals surface area contributed by atoms with Gasteiger partial charge in [0.15, 0.2) is 0 Å². The Morgan fingerprint density at radius 3 is 1.24 bits per heavy atom. The zero-order valence-electron chi connectivity index (χ0n) is 22.9. The Bertz CT molecular complexity index is 1450. The van der Waals surface area contributed by atoms with Gasteiger partial charge in [-0.3, -0.25) is 0 Å². The van der Waals surface area contributed by atoms with E-state index in [2.05, 4.69) is 136 Å². The van der Waals surface area contributed by atoms with Crippen LogP contribution >= 0.6 is 0 Å². The third-order valence-corrected chi connectivity index (χ3v) is 16.6. The van der Waals surface area contributed by atoms with Gasteiger partial charge >= 0.3 is 226 Å². The molecule has 184 valence electrons. The molecule has 0 heterocycles. The van der Waals surface area contributed by atoms with Crippen LogP contribution < -0.4 is 8.79 Å². The molecule has 0 amide bonds. The molecular formula is C36H36Ge. The number of fused-ring (bicyclic) bond motifs is 2. The molecule has 0 saturated carbocycles. The fourth-order valence-electron chi connectivity index (χ4n) is 7.35. The standard InChI is InChI=1S/C36H36Ge/c1-23-29-19-13-21-31(35(29)25(3)33(23)27-15-9-7-10-16-27)37(5,6)32-22-14-20-30-24(2)34(26(4)36(30)32)28-17-11-8-12-18-28/h7-22,25-26H,1-6H3. The second kappa shape index (κ2) is 9.03. The predicted octanol–water partition coefficient (Wildman–Crippen LogP) is 8.60. The van der Waals surface area contributed by atoms with Gasteiger partial charge < -0.3 is 0 Å². The van der Waals surface area contributed by atoms with Crippen LogP contribution in [0, 0.1) is 0 Å². The molecule has 2 aliphatic rings. The van der Waals surface area contributed by atoms with E-state index in [-0.39, 0.29) is 0 Å². The van der Waals surface area contributed by atoms with Crippen LogP contribution in [0.5, 0.6) is 0 Å². The SMILES string of the molecule is CC1=C(c2ccccc2)C(C)c2c1ccc[c]2[Ge]([CH3])([CH3])[c]1cccc2c1C(C)C(c1ccccc1)=C2C. The molecule has 0 aliphatic heterocycles. The van der Waals surface area contributed by atoms with Crippen LogP contribution in [0.4, 0.5) is 0 Å². The zero-order chi connectivity index (χ0) is 25.9. The average molecular weight is 541 g/mol. The summed E-state index contributed by atoms with van der Waals surface area (Å²) in [7, 11) is 0. The van der Waals surface area contributed by atoms with Crippen LogP contribution in [0.1, 0.15) is 72.9 Å². The van der Waals surface area contributed by atoms with E-state index in [9.17, 15) is 0 Å². The molecule has 1 heteroatoms. The molecule has 2 unspecified atom stereocenters. The van der Waals surface area contributed by atoms with E-state index in [0.29, 0.717) is 11.8 Å². The summed E-state index contributed by atoms with van der Waals surface area (Å²) in [5.74, 6) is 6.06. The molecule has 0 N–H and O–H groups in total. The Balaban J connectivity index is 1.48. The first-order valence-corrected chi connectivity index (χ1v) is 19.9. The average Bonchev–Trinajstić information content (AvgIpc) is 3.33. The minimum atomic E-state index is -2.69. The van der Waals surface area contributed by atoms with Crippen molar-refractivity contribution in [1.29, 1.82) is 0 Å². The Kier molecular flexibility index (Phi) is 5.92. The van der Waals surface area contributed by atoms with E-state index in [4.69, 9.17) is 0 Å². The first kappa shape index (κ1) is 24.3. The molecule has 0 bridgehead atoms. The van der Waals surface area contributed by atoms with Crippen LogP contribution in [-0.2, 0) is 0 Å². The summed E-state index contributed by atoms with van der Waals surface area (Å²) in [4.78, 5) is 0. The first-order chi connectivity index (χ1) is 17.8. The van der Waals surface area contributed by atoms with Gasteiger partial charge in [0.25, 0.3) is 0 Å². The summed E-state index contributed by atoms with van der Waals surface area (Å²) < 4.78 is 3.28. The fourth-order valence-corrected chi connectivity index (χ4v) is 14.4. The van der Waals surface area contributed by atoms with E-state index < -0.39 is 13.3 Å². The van der Waals surface area contributed by atoms with Crippen LogP contribution in [-0.4, -0.2) is 13.3 Å². The molecule has 4 aromatic carbocycles. The van der Waals surface area contributed by atoms with Gasteiger partial charge in [-0.2, -0.15) is 0 Å².